The normalized spacial score (nSPS) is 16.2. The number of rotatable bonds is 5. The number of aromatic nitrogens is 2. The van der Waals surface area contributed by atoms with E-state index in [1.54, 1.807) is 18.4 Å². The summed E-state index contributed by atoms with van der Waals surface area (Å²) >= 11 is 5.22. The molecular weight excluding hydrogens is 398 g/mol. The highest BCUT2D eigenvalue weighted by atomic mass is 79.9. The van der Waals surface area contributed by atoms with Crippen LogP contribution in [-0.2, 0) is 12.0 Å². The van der Waals surface area contributed by atoms with Crippen molar-refractivity contribution in [3.8, 4) is 0 Å². The third kappa shape index (κ3) is 3.57. The SMILES string of the molecule is CN=C(NCc1cn2ccsc2n1)NCC1(c2cccc(Br)c2)CC1. The fourth-order valence-electron chi connectivity index (χ4n) is 3.05. The molecule has 7 heteroatoms. The summed E-state index contributed by atoms with van der Waals surface area (Å²) in [6.45, 7) is 1.55. The van der Waals surface area contributed by atoms with Gasteiger partial charge in [0.05, 0.1) is 12.2 Å². The molecule has 2 aromatic heterocycles. The minimum absolute atomic E-state index is 0.235. The van der Waals surface area contributed by atoms with Crippen LogP contribution >= 0.6 is 27.3 Å². The zero-order chi connectivity index (χ0) is 17.3. The molecule has 0 amide bonds. The largest absolute Gasteiger partial charge is 0.356 e. The van der Waals surface area contributed by atoms with Gasteiger partial charge in [-0.25, -0.2) is 4.98 Å². The van der Waals surface area contributed by atoms with E-state index >= 15 is 0 Å². The summed E-state index contributed by atoms with van der Waals surface area (Å²) in [6.07, 6.45) is 6.50. The average molecular weight is 418 g/mol. The molecule has 2 N–H and O–H groups in total. The van der Waals surface area contributed by atoms with E-state index in [0.717, 1.165) is 27.6 Å². The first-order valence-electron chi connectivity index (χ1n) is 8.30. The van der Waals surface area contributed by atoms with Crippen LogP contribution in [0.25, 0.3) is 4.96 Å². The first-order valence-corrected chi connectivity index (χ1v) is 9.97. The van der Waals surface area contributed by atoms with Gasteiger partial charge < -0.3 is 10.6 Å². The Labute approximate surface area is 159 Å². The number of imidazole rings is 1. The van der Waals surface area contributed by atoms with Gasteiger partial charge in [0.2, 0.25) is 0 Å². The first-order chi connectivity index (χ1) is 12.2. The lowest BCUT2D eigenvalue weighted by molar-refractivity contribution is 0.644. The lowest BCUT2D eigenvalue weighted by atomic mass is 9.96. The van der Waals surface area contributed by atoms with Gasteiger partial charge in [-0.1, -0.05) is 28.1 Å². The molecule has 1 aromatic carbocycles. The lowest BCUT2D eigenvalue weighted by Gasteiger charge is -2.19. The molecule has 1 aliphatic carbocycles. The van der Waals surface area contributed by atoms with Crippen LogP contribution in [0, 0.1) is 0 Å². The Bertz CT molecular complexity index is 880. The van der Waals surface area contributed by atoms with E-state index in [0.29, 0.717) is 6.54 Å². The molecule has 0 bridgehead atoms. The van der Waals surface area contributed by atoms with Crippen molar-refractivity contribution in [1.29, 1.82) is 0 Å². The molecule has 25 heavy (non-hydrogen) atoms. The van der Waals surface area contributed by atoms with E-state index in [9.17, 15) is 0 Å². The van der Waals surface area contributed by atoms with Crippen molar-refractivity contribution in [1.82, 2.24) is 20.0 Å². The number of guanidine groups is 1. The second-order valence-corrected chi connectivity index (χ2v) is 8.18. The second-order valence-electron chi connectivity index (χ2n) is 6.40. The van der Waals surface area contributed by atoms with Crippen molar-refractivity contribution in [2.75, 3.05) is 13.6 Å². The van der Waals surface area contributed by atoms with Crippen LogP contribution in [0.3, 0.4) is 0 Å². The van der Waals surface area contributed by atoms with Crippen LogP contribution in [0.2, 0.25) is 0 Å². The highest BCUT2D eigenvalue weighted by Gasteiger charge is 2.44. The summed E-state index contributed by atoms with van der Waals surface area (Å²) < 4.78 is 3.18. The van der Waals surface area contributed by atoms with Crippen molar-refractivity contribution in [2.24, 2.45) is 4.99 Å². The fraction of sp³-hybridized carbons (Fsp3) is 0.333. The zero-order valence-electron chi connectivity index (χ0n) is 14.0. The number of aliphatic imine (C=N–C) groups is 1. The molecule has 0 unspecified atom stereocenters. The van der Waals surface area contributed by atoms with E-state index in [4.69, 9.17) is 0 Å². The molecule has 1 fully saturated rings. The number of fused-ring (bicyclic) bond motifs is 1. The molecular formula is C18H20BrN5S. The predicted molar refractivity (Wildman–Crippen MR) is 106 cm³/mol. The molecule has 0 spiro atoms. The van der Waals surface area contributed by atoms with Gasteiger partial charge in [0.25, 0.3) is 0 Å². The lowest BCUT2D eigenvalue weighted by Crippen LogP contribution is -2.40. The summed E-state index contributed by atoms with van der Waals surface area (Å²) in [4.78, 5) is 9.95. The average Bonchev–Trinajstić information content (AvgIpc) is 3.11. The minimum atomic E-state index is 0.235. The Morgan fingerprint density at radius 1 is 1.40 bits per heavy atom. The standard InChI is InChI=1S/C18H20BrN5S/c1-20-16(21-10-15-11-24-7-8-25-17(24)23-15)22-12-18(5-6-18)13-3-2-4-14(19)9-13/h2-4,7-9,11H,5-6,10,12H2,1H3,(H2,20,21,22). The molecule has 3 aromatic rings. The van der Waals surface area contributed by atoms with Crippen LogP contribution < -0.4 is 10.6 Å². The maximum absolute atomic E-state index is 4.59. The van der Waals surface area contributed by atoms with Gasteiger partial charge >= 0.3 is 0 Å². The smallest absolute Gasteiger partial charge is 0.193 e. The van der Waals surface area contributed by atoms with Gasteiger partial charge in [0.15, 0.2) is 10.9 Å². The van der Waals surface area contributed by atoms with Crippen LogP contribution in [-0.4, -0.2) is 28.9 Å². The summed E-state index contributed by atoms with van der Waals surface area (Å²) in [5.74, 6) is 0.817. The molecule has 0 radical (unpaired) electrons. The van der Waals surface area contributed by atoms with Crippen LogP contribution in [0.5, 0.6) is 0 Å². The van der Waals surface area contributed by atoms with Gasteiger partial charge in [0, 0.05) is 41.3 Å². The molecule has 5 nitrogen and oxygen atoms in total. The van der Waals surface area contributed by atoms with Crippen molar-refractivity contribution in [3.05, 3.63) is 57.8 Å². The van der Waals surface area contributed by atoms with E-state index < -0.39 is 0 Å². The van der Waals surface area contributed by atoms with Crippen molar-refractivity contribution < 1.29 is 0 Å². The van der Waals surface area contributed by atoms with Crippen molar-refractivity contribution in [2.45, 2.75) is 24.8 Å². The number of nitrogens with one attached hydrogen (secondary N) is 2. The summed E-state index contributed by atoms with van der Waals surface area (Å²) in [6, 6.07) is 8.62. The van der Waals surface area contributed by atoms with Gasteiger partial charge in [-0.15, -0.1) is 11.3 Å². The topological polar surface area (TPSA) is 53.7 Å². The van der Waals surface area contributed by atoms with E-state index in [-0.39, 0.29) is 5.41 Å². The highest BCUT2D eigenvalue weighted by molar-refractivity contribution is 9.10. The molecule has 1 aliphatic rings. The number of hydrogen-bond acceptors (Lipinski definition) is 3. The Hall–Kier alpha value is -1.86. The second kappa shape index (κ2) is 6.80. The predicted octanol–water partition coefficient (Wildman–Crippen LogP) is 3.56. The molecule has 0 aliphatic heterocycles. The Kier molecular flexibility index (Phi) is 4.52. The van der Waals surface area contributed by atoms with E-state index in [1.165, 1.54) is 18.4 Å². The molecule has 1 saturated carbocycles. The number of thiazole rings is 1. The Morgan fingerprint density at radius 3 is 3.00 bits per heavy atom. The molecule has 0 saturated heterocycles. The molecule has 2 heterocycles. The first kappa shape index (κ1) is 16.6. The number of nitrogens with zero attached hydrogens (tertiary/aromatic N) is 3. The van der Waals surface area contributed by atoms with Crippen LogP contribution in [0.15, 0.2) is 51.5 Å². The van der Waals surface area contributed by atoms with Gasteiger partial charge in [-0.3, -0.25) is 9.39 Å². The fourth-order valence-corrected chi connectivity index (χ4v) is 4.16. The minimum Gasteiger partial charge on any atom is -0.356 e. The summed E-state index contributed by atoms with van der Waals surface area (Å²) in [5, 5.41) is 8.88. The van der Waals surface area contributed by atoms with E-state index in [2.05, 4.69) is 67.0 Å². The zero-order valence-corrected chi connectivity index (χ0v) is 16.4. The van der Waals surface area contributed by atoms with Crippen molar-refractivity contribution >= 4 is 38.2 Å². The third-order valence-corrected chi connectivity index (χ3v) is 5.95. The number of halogens is 1. The highest BCUT2D eigenvalue weighted by Crippen LogP contribution is 2.48. The number of benzene rings is 1. The molecule has 0 atom stereocenters. The summed E-state index contributed by atoms with van der Waals surface area (Å²) in [7, 11) is 1.81. The number of hydrogen-bond donors (Lipinski definition) is 2. The van der Waals surface area contributed by atoms with Gasteiger partial charge in [-0.2, -0.15) is 0 Å². The Balaban J connectivity index is 1.35. The quantitative estimate of drug-likeness (QED) is 0.492. The van der Waals surface area contributed by atoms with Crippen molar-refractivity contribution in [3.63, 3.8) is 0 Å². The maximum Gasteiger partial charge on any atom is 0.193 e. The van der Waals surface area contributed by atoms with E-state index in [1.807, 2.05) is 16.0 Å². The van der Waals surface area contributed by atoms with Crippen LogP contribution in [0.4, 0.5) is 0 Å². The molecule has 130 valence electrons. The Morgan fingerprint density at radius 2 is 2.28 bits per heavy atom. The molecule has 4 rings (SSSR count). The third-order valence-electron chi connectivity index (χ3n) is 4.69. The monoisotopic (exact) mass is 417 g/mol. The van der Waals surface area contributed by atoms with Gasteiger partial charge in [0.1, 0.15) is 0 Å². The maximum atomic E-state index is 4.59. The van der Waals surface area contributed by atoms with Crippen LogP contribution in [0.1, 0.15) is 24.1 Å². The van der Waals surface area contributed by atoms with Gasteiger partial charge in [-0.05, 0) is 30.5 Å². The summed E-state index contributed by atoms with van der Waals surface area (Å²) in [5.41, 5.74) is 2.64.